The summed E-state index contributed by atoms with van der Waals surface area (Å²) in [7, 11) is 0. The molecule has 0 saturated heterocycles. The molecule has 2 aromatic rings. The van der Waals surface area contributed by atoms with Crippen LogP contribution in [0.5, 0.6) is 0 Å². The molecule has 0 N–H and O–H groups in total. The molecule has 0 fully saturated rings. The van der Waals surface area contributed by atoms with Gasteiger partial charge < -0.3 is 4.74 Å². The molecular formula is C15H14OS. The summed E-state index contributed by atoms with van der Waals surface area (Å²) in [6.07, 6.45) is 0. The van der Waals surface area contributed by atoms with Crippen LogP contribution in [0.2, 0.25) is 0 Å². The van der Waals surface area contributed by atoms with Crippen LogP contribution in [-0.2, 0) is 11.3 Å². The summed E-state index contributed by atoms with van der Waals surface area (Å²) in [5.41, 5.74) is 3.31. The predicted molar refractivity (Wildman–Crippen MR) is 74.1 cm³/mol. The number of benzene rings is 2. The minimum absolute atomic E-state index is 0.521. The minimum atomic E-state index is 0.521. The Balaban J connectivity index is 1.96. The Labute approximate surface area is 107 Å². The van der Waals surface area contributed by atoms with E-state index in [0.29, 0.717) is 11.7 Å². The van der Waals surface area contributed by atoms with Gasteiger partial charge in [0.25, 0.3) is 0 Å². The van der Waals surface area contributed by atoms with Gasteiger partial charge in [-0.2, -0.15) is 0 Å². The van der Waals surface area contributed by atoms with Crippen molar-refractivity contribution < 1.29 is 4.74 Å². The van der Waals surface area contributed by atoms with Gasteiger partial charge in [0.15, 0.2) is 5.05 Å². The van der Waals surface area contributed by atoms with Gasteiger partial charge in [-0.3, -0.25) is 0 Å². The van der Waals surface area contributed by atoms with E-state index in [0.717, 1.165) is 11.1 Å². The number of thiocarbonyl (C=S) groups is 1. The van der Waals surface area contributed by atoms with Crippen molar-refractivity contribution in [3.05, 3.63) is 71.3 Å². The molecule has 17 heavy (non-hydrogen) atoms. The molecule has 86 valence electrons. The number of ether oxygens (including phenoxy) is 1. The molecule has 2 heteroatoms. The quantitative estimate of drug-likeness (QED) is 0.755. The zero-order chi connectivity index (χ0) is 12.1. The molecule has 0 aromatic heterocycles. The fourth-order valence-electron chi connectivity index (χ4n) is 1.50. The summed E-state index contributed by atoms with van der Waals surface area (Å²) in [4.78, 5) is 0. The monoisotopic (exact) mass is 242 g/mol. The number of aryl methyl sites for hydroxylation is 1. The van der Waals surface area contributed by atoms with Crippen LogP contribution in [0.25, 0.3) is 0 Å². The second kappa shape index (κ2) is 5.60. The first-order valence-electron chi connectivity index (χ1n) is 5.53. The van der Waals surface area contributed by atoms with Crippen molar-refractivity contribution >= 4 is 17.3 Å². The van der Waals surface area contributed by atoms with Crippen LogP contribution in [0, 0.1) is 6.92 Å². The van der Waals surface area contributed by atoms with Crippen molar-refractivity contribution in [2.45, 2.75) is 13.5 Å². The van der Waals surface area contributed by atoms with Crippen LogP contribution < -0.4 is 0 Å². The van der Waals surface area contributed by atoms with E-state index in [4.69, 9.17) is 17.0 Å². The molecule has 0 heterocycles. The molecule has 0 spiro atoms. The van der Waals surface area contributed by atoms with E-state index >= 15 is 0 Å². The van der Waals surface area contributed by atoms with E-state index in [1.54, 1.807) is 0 Å². The Kier molecular flexibility index (Phi) is 3.89. The highest BCUT2D eigenvalue weighted by Gasteiger charge is 2.02. The molecule has 0 aliphatic carbocycles. The van der Waals surface area contributed by atoms with Gasteiger partial charge in [0.05, 0.1) is 0 Å². The largest absolute Gasteiger partial charge is 0.478 e. The SMILES string of the molecule is Cc1ccc(C(=S)OCc2ccccc2)cc1. The van der Waals surface area contributed by atoms with Crippen LogP contribution in [0.4, 0.5) is 0 Å². The van der Waals surface area contributed by atoms with Gasteiger partial charge in [0.1, 0.15) is 6.61 Å². The lowest BCUT2D eigenvalue weighted by Gasteiger charge is -2.07. The van der Waals surface area contributed by atoms with Crippen LogP contribution in [-0.4, -0.2) is 5.05 Å². The predicted octanol–water partition coefficient (Wildman–Crippen LogP) is 3.89. The van der Waals surface area contributed by atoms with Gasteiger partial charge in [-0.25, -0.2) is 0 Å². The van der Waals surface area contributed by atoms with Crippen LogP contribution in [0.1, 0.15) is 16.7 Å². The van der Waals surface area contributed by atoms with E-state index in [1.807, 2.05) is 54.6 Å². The van der Waals surface area contributed by atoms with Crippen molar-refractivity contribution in [1.82, 2.24) is 0 Å². The average Bonchev–Trinajstić information content (AvgIpc) is 2.38. The fourth-order valence-corrected chi connectivity index (χ4v) is 1.69. The Morgan fingerprint density at radius 3 is 2.29 bits per heavy atom. The average molecular weight is 242 g/mol. The van der Waals surface area contributed by atoms with Gasteiger partial charge >= 0.3 is 0 Å². The van der Waals surface area contributed by atoms with Crippen molar-refractivity contribution in [2.24, 2.45) is 0 Å². The maximum atomic E-state index is 5.59. The smallest absolute Gasteiger partial charge is 0.191 e. The first kappa shape index (κ1) is 11.8. The first-order valence-corrected chi connectivity index (χ1v) is 5.94. The van der Waals surface area contributed by atoms with E-state index < -0.39 is 0 Å². The van der Waals surface area contributed by atoms with E-state index in [-0.39, 0.29) is 0 Å². The van der Waals surface area contributed by atoms with Crippen molar-refractivity contribution in [3.63, 3.8) is 0 Å². The van der Waals surface area contributed by atoms with E-state index in [9.17, 15) is 0 Å². The summed E-state index contributed by atoms with van der Waals surface area (Å²) >= 11 is 5.24. The van der Waals surface area contributed by atoms with Crippen molar-refractivity contribution in [3.8, 4) is 0 Å². The molecule has 2 rings (SSSR count). The van der Waals surface area contributed by atoms with Crippen LogP contribution in [0.15, 0.2) is 54.6 Å². The summed E-state index contributed by atoms with van der Waals surface area (Å²) in [6.45, 7) is 2.57. The van der Waals surface area contributed by atoms with Gasteiger partial charge in [0, 0.05) is 5.56 Å². The second-order valence-electron chi connectivity index (χ2n) is 3.93. The van der Waals surface area contributed by atoms with Crippen molar-refractivity contribution in [1.29, 1.82) is 0 Å². The molecule has 0 amide bonds. The standard InChI is InChI=1S/C15H14OS/c1-12-7-9-14(10-8-12)15(17)16-11-13-5-3-2-4-6-13/h2-10H,11H2,1H3. The second-order valence-corrected chi connectivity index (χ2v) is 4.30. The topological polar surface area (TPSA) is 9.23 Å². The Morgan fingerprint density at radius 2 is 1.65 bits per heavy atom. The minimum Gasteiger partial charge on any atom is -0.478 e. The highest BCUT2D eigenvalue weighted by Crippen LogP contribution is 2.08. The molecule has 0 bridgehead atoms. The molecule has 0 unspecified atom stereocenters. The molecule has 0 atom stereocenters. The third kappa shape index (κ3) is 3.40. The maximum Gasteiger partial charge on any atom is 0.191 e. The summed E-state index contributed by atoms with van der Waals surface area (Å²) in [5, 5.41) is 0.550. The zero-order valence-electron chi connectivity index (χ0n) is 9.72. The van der Waals surface area contributed by atoms with Crippen LogP contribution >= 0.6 is 12.2 Å². The number of hydrogen-bond acceptors (Lipinski definition) is 2. The molecule has 0 aliphatic rings. The first-order chi connectivity index (χ1) is 8.25. The highest BCUT2D eigenvalue weighted by molar-refractivity contribution is 7.80. The summed E-state index contributed by atoms with van der Waals surface area (Å²) < 4.78 is 5.59. The van der Waals surface area contributed by atoms with Crippen LogP contribution in [0.3, 0.4) is 0 Å². The summed E-state index contributed by atoms with van der Waals surface area (Å²) in [5.74, 6) is 0. The van der Waals surface area contributed by atoms with Crippen molar-refractivity contribution in [2.75, 3.05) is 0 Å². The molecule has 0 saturated carbocycles. The van der Waals surface area contributed by atoms with Gasteiger partial charge in [0.2, 0.25) is 0 Å². The molecule has 0 aliphatic heterocycles. The lowest BCUT2D eigenvalue weighted by molar-refractivity contribution is 0.302. The molecular weight excluding hydrogens is 228 g/mol. The van der Waals surface area contributed by atoms with Gasteiger partial charge in [-0.1, -0.05) is 60.2 Å². The summed E-state index contributed by atoms with van der Waals surface area (Å²) in [6, 6.07) is 18.1. The zero-order valence-corrected chi connectivity index (χ0v) is 10.5. The third-order valence-corrected chi connectivity index (χ3v) is 2.85. The number of rotatable bonds is 3. The highest BCUT2D eigenvalue weighted by atomic mass is 32.1. The Hall–Kier alpha value is -1.67. The lowest BCUT2D eigenvalue weighted by Crippen LogP contribution is -2.03. The Morgan fingerprint density at radius 1 is 1.00 bits per heavy atom. The lowest BCUT2D eigenvalue weighted by atomic mass is 10.2. The van der Waals surface area contributed by atoms with Gasteiger partial charge in [-0.05, 0) is 24.7 Å². The van der Waals surface area contributed by atoms with Gasteiger partial charge in [-0.15, -0.1) is 0 Å². The van der Waals surface area contributed by atoms with E-state index in [2.05, 4.69) is 6.92 Å². The molecule has 1 nitrogen and oxygen atoms in total. The van der Waals surface area contributed by atoms with E-state index in [1.165, 1.54) is 5.56 Å². The molecule has 0 radical (unpaired) electrons. The fraction of sp³-hybridized carbons (Fsp3) is 0.133. The molecule has 2 aromatic carbocycles. The maximum absolute atomic E-state index is 5.59. The third-order valence-electron chi connectivity index (χ3n) is 2.50. The number of hydrogen-bond donors (Lipinski definition) is 0. The normalized spacial score (nSPS) is 9.94. The Bertz CT molecular complexity index is 488.